The number of hydrogen-bond acceptors (Lipinski definition) is 3. The topological polar surface area (TPSA) is 118 Å². The molecular formula is C12H36N3O3-3. The molecule has 0 rings (SSSR count). The van der Waals surface area contributed by atoms with Gasteiger partial charge in [-0.3, -0.25) is 14.4 Å². The molecule has 0 aliphatic heterocycles. The summed E-state index contributed by atoms with van der Waals surface area (Å²) in [6.45, 7) is 0. The Morgan fingerprint density at radius 3 is 0.389 bits per heavy atom. The Morgan fingerprint density at radius 2 is 0.389 bits per heavy atom. The van der Waals surface area contributed by atoms with E-state index in [-0.39, 0.29) is 66.8 Å². The number of rotatable bonds is 0. The molecule has 0 aromatic carbocycles. The van der Waals surface area contributed by atoms with E-state index in [0.29, 0.717) is 18.2 Å². The second-order valence-corrected chi connectivity index (χ2v) is 0.274. The van der Waals surface area contributed by atoms with Gasteiger partial charge in [-0.25, -0.2) is 0 Å². The molecule has 6 heteroatoms. The van der Waals surface area contributed by atoms with Gasteiger partial charge in [-0.05, 0) is 18.2 Å². The van der Waals surface area contributed by atoms with Gasteiger partial charge in [-0.2, -0.15) is 0 Å². The molecule has 120 valence electrons. The number of nitrogens with zero attached hydrogens (tertiary/aromatic N) is 3. The summed E-state index contributed by atoms with van der Waals surface area (Å²) in [6, 6.07) is 0. The van der Waals surface area contributed by atoms with E-state index >= 15 is 0 Å². The Hall–Kier alpha value is -1.86. The molecule has 0 aliphatic rings. The minimum Gasteiger partial charge on any atom is -0.724 e. The van der Waals surface area contributed by atoms with Crippen LogP contribution in [-0.4, -0.2) is 18.2 Å². The molecule has 0 radical (unpaired) electrons. The van der Waals surface area contributed by atoms with Gasteiger partial charge >= 0.3 is 0 Å². The van der Waals surface area contributed by atoms with Crippen LogP contribution in [-0.2, 0) is 14.4 Å². The number of isocyanates is 3. The van der Waals surface area contributed by atoms with Crippen LogP contribution in [0.4, 0.5) is 0 Å². The van der Waals surface area contributed by atoms with Crippen LogP contribution in [0.5, 0.6) is 0 Å². The lowest BCUT2D eigenvalue weighted by atomic mass is 11.7. The molecule has 0 saturated carbocycles. The van der Waals surface area contributed by atoms with Crippen LogP contribution < -0.4 is 0 Å². The highest BCUT2D eigenvalue weighted by molar-refractivity contribution is 5.37. The predicted molar refractivity (Wildman–Crippen MR) is 87.7 cm³/mol. The van der Waals surface area contributed by atoms with Gasteiger partial charge in [0.1, 0.15) is 0 Å². The SMILES string of the molecule is C.C.C.C.C.C.C.C.C.[N-]=C=O.[N-]=C=O.[N-]=C=O. The average molecular weight is 270 g/mol. The maximum absolute atomic E-state index is 8.24. The molecule has 0 spiro atoms. The lowest BCUT2D eigenvalue weighted by Gasteiger charge is -1.32. The minimum absolute atomic E-state index is 0. The maximum atomic E-state index is 8.24. The Bertz CT molecular complexity index is 114. The number of carbonyl (C=O) groups excluding carboxylic acids is 3. The third-order valence-electron chi connectivity index (χ3n) is 0. The van der Waals surface area contributed by atoms with E-state index in [1.54, 1.807) is 0 Å². The summed E-state index contributed by atoms with van der Waals surface area (Å²) in [5.74, 6) is 0. The molecule has 0 bridgehead atoms. The van der Waals surface area contributed by atoms with Gasteiger partial charge in [-0.1, -0.05) is 66.8 Å². The van der Waals surface area contributed by atoms with Crippen LogP contribution in [0.15, 0.2) is 0 Å². The second-order valence-electron chi connectivity index (χ2n) is 0.274. The fraction of sp³-hybridized carbons (Fsp3) is 0.750. The molecule has 0 N–H and O–H groups in total. The van der Waals surface area contributed by atoms with Gasteiger partial charge in [0.25, 0.3) is 0 Å². The molecule has 0 fully saturated rings. The van der Waals surface area contributed by atoms with E-state index in [2.05, 4.69) is 0 Å². The Balaban J connectivity index is -0.00000000240. The third kappa shape index (κ3) is 706. The predicted octanol–water partition coefficient (Wildman–Crippen LogP) is 5.40. The van der Waals surface area contributed by atoms with Crippen molar-refractivity contribution in [3.8, 4) is 0 Å². The zero-order chi connectivity index (χ0) is 8.12. The quantitative estimate of drug-likeness (QED) is 0.433. The van der Waals surface area contributed by atoms with Crippen molar-refractivity contribution in [2.45, 2.75) is 66.8 Å². The third-order valence-corrected chi connectivity index (χ3v) is 0. The Morgan fingerprint density at radius 1 is 0.389 bits per heavy atom. The van der Waals surface area contributed by atoms with E-state index in [4.69, 9.17) is 30.6 Å². The van der Waals surface area contributed by atoms with Crippen LogP contribution in [0.1, 0.15) is 66.8 Å². The molecule has 0 atom stereocenters. The largest absolute Gasteiger partial charge is 0.724 e. The van der Waals surface area contributed by atoms with Crippen LogP contribution in [0.2, 0.25) is 0 Å². The van der Waals surface area contributed by atoms with Crippen molar-refractivity contribution in [1.82, 2.24) is 0 Å². The van der Waals surface area contributed by atoms with E-state index in [0.717, 1.165) is 0 Å². The van der Waals surface area contributed by atoms with Crippen LogP contribution >= 0.6 is 0 Å². The summed E-state index contributed by atoms with van der Waals surface area (Å²) in [6.07, 6.45) is 1.50. The van der Waals surface area contributed by atoms with Crippen LogP contribution in [0.25, 0.3) is 16.2 Å². The standard InChI is InChI=1S/3CNO.9CH4/c3*2-1-3;;;;;;;;;/h;;;9*1H4/q3*-1;;;;;;;;;. The number of hydrogen-bond donors (Lipinski definition) is 0. The van der Waals surface area contributed by atoms with Gasteiger partial charge in [0.2, 0.25) is 0 Å². The molecule has 18 heavy (non-hydrogen) atoms. The van der Waals surface area contributed by atoms with Crippen molar-refractivity contribution < 1.29 is 14.4 Å². The molecule has 0 heterocycles. The van der Waals surface area contributed by atoms with Crippen molar-refractivity contribution in [1.29, 1.82) is 0 Å². The molecular weight excluding hydrogens is 234 g/mol. The first-order chi connectivity index (χ1) is 4.24. The van der Waals surface area contributed by atoms with Crippen molar-refractivity contribution in [3.63, 3.8) is 0 Å². The lowest BCUT2D eigenvalue weighted by molar-refractivity contribution is 0.568. The van der Waals surface area contributed by atoms with Crippen LogP contribution in [0, 0.1) is 0 Å². The summed E-state index contributed by atoms with van der Waals surface area (Å²) < 4.78 is 0. The highest BCUT2D eigenvalue weighted by Gasteiger charge is 0.796. The summed E-state index contributed by atoms with van der Waals surface area (Å²) in [4.78, 5) is 24.7. The van der Waals surface area contributed by atoms with Gasteiger partial charge < -0.3 is 16.2 Å². The first-order valence-electron chi connectivity index (χ1n) is 1.28. The summed E-state index contributed by atoms with van der Waals surface area (Å²) in [5, 5.41) is 20.3. The molecule has 6 nitrogen and oxygen atoms in total. The zero-order valence-corrected chi connectivity index (χ0v) is 4.07. The Kier molecular flexibility index (Phi) is 27900. The monoisotopic (exact) mass is 270 g/mol. The van der Waals surface area contributed by atoms with Crippen molar-refractivity contribution in [3.05, 3.63) is 16.2 Å². The van der Waals surface area contributed by atoms with E-state index < -0.39 is 0 Å². The summed E-state index contributed by atoms with van der Waals surface area (Å²) in [7, 11) is 0. The minimum atomic E-state index is 0. The first kappa shape index (κ1) is 216. The first-order valence-corrected chi connectivity index (χ1v) is 1.28. The van der Waals surface area contributed by atoms with E-state index in [1.807, 2.05) is 0 Å². The summed E-state index contributed by atoms with van der Waals surface area (Å²) in [5.41, 5.74) is 0. The van der Waals surface area contributed by atoms with Crippen molar-refractivity contribution >= 4 is 18.2 Å². The average Bonchev–Trinajstić information content (AvgIpc) is 1.70. The van der Waals surface area contributed by atoms with E-state index in [9.17, 15) is 0 Å². The van der Waals surface area contributed by atoms with E-state index in [1.165, 1.54) is 0 Å². The normalized spacial score (nSPS) is 1.33. The Labute approximate surface area is 116 Å². The lowest BCUT2D eigenvalue weighted by Crippen LogP contribution is -1.13. The molecule has 0 aliphatic carbocycles. The fourth-order valence-corrected chi connectivity index (χ4v) is 0. The maximum Gasteiger partial charge on any atom is -0.0159 e. The fourth-order valence-electron chi connectivity index (χ4n) is 0. The molecule has 0 unspecified atom stereocenters. The molecule has 0 aromatic heterocycles. The van der Waals surface area contributed by atoms with Gasteiger partial charge in [0.15, 0.2) is 0 Å². The highest BCUT2D eigenvalue weighted by Crippen LogP contribution is 0.955. The molecule has 0 saturated heterocycles. The highest BCUT2D eigenvalue weighted by atomic mass is 16.1. The zero-order valence-electron chi connectivity index (χ0n) is 4.07. The van der Waals surface area contributed by atoms with Gasteiger partial charge in [-0.15, -0.1) is 0 Å². The van der Waals surface area contributed by atoms with Gasteiger partial charge in [0, 0.05) is 0 Å². The van der Waals surface area contributed by atoms with Crippen LogP contribution in [0.3, 0.4) is 0 Å². The smallest absolute Gasteiger partial charge is 0.0159 e. The van der Waals surface area contributed by atoms with Gasteiger partial charge in [0.05, 0.1) is 0 Å². The second kappa shape index (κ2) is 2330. The van der Waals surface area contributed by atoms with Crippen molar-refractivity contribution in [2.24, 2.45) is 0 Å². The molecule has 0 amide bonds. The molecule has 0 aromatic rings. The summed E-state index contributed by atoms with van der Waals surface area (Å²) >= 11 is 0. The van der Waals surface area contributed by atoms with Crippen molar-refractivity contribution in [2.75, 3.05) is 0 Å².